The molecule has 0 amide bonds. The van der Waals surface area contributed by atoms with E-state index in [0.29, 0.717) is 34.2 Å². The fourth-order valence-corrected chi connectivity index (χ4v) is 2.76. The summed E-state index contributed by atoms with van der Waals surface area (Å²) in [6.07, 6.45) is 3.04. The van der Waals surface area contributed by atoms with E-state index in [1.807, 2.05) is 6.92 Å². The molecule has 2 N–H and O–H groups in total. The monoisotopic (exact) mass is 392 g/mol. The molecule has 0 saturated carbocycles. The summed E-state index contributed by atoms with van der Waals surface area (Å²) >= 11 is 12.2. The zero-order valence-corrected chi connectivity index (χ0v) is 15.0. The average Bonchev–Trinajstić information content (AvgIpc) is 2.56. The number of aliphatic hydroxyl groups is 1. The quantitative estimate of drug-likeness (QED) is 0.720. The molecule has 0 fully saturated rings. The third-order valence-corrected chi connectivity index (χ3v) is 4.10. The van der Waals surface area contributed by atoms with Gasteiger partial charge in [0.1, 0.15) is 10.0 Å². The summed E-state index contributed by atoms with van der Waals surface area (Å²) in [5.74, 6) is 0.0714. The summed E-state index contributed by atoms with van der Waals surface area (Å²) in [5, 5.41) is 11.3. The third-order valence-electron chi connectivity index (χ3n) is 3.42. The minimum Gasteiger partial charge on any atom is -0.490 e. The highest BCUT2D eigenvalue weighted by atomic mass is 35.5. The maximum atomic E-state index is 12.5. The zero-order valence-electron chi connectivity index (χ0n) is 13.4. The van der Waals surface area contributed by atoms with Crippen LogP contribution in [0.3, 0.4) is 0 Å². The first-order valence-electron chi connectivity index (χ1n) is 7.66. The van der Waals surface area contributed by atoms with Gasteiger partial charge in [0, 0.05) is 12.0 Å². The SMILES string of the molecule is CCCOc1cc([C@@H](O)Cc2c(Cl)c[nH+]cc2Cl)ccc1OC(F)F. The van der Waals surface area contributed by atoms with Gasteiger partial charge in [-0.3, -0.25) is 0 Å². The van der Waals surface area contributed by atoms with E-state index in [1.165, 1.54) is 18.2 Å². The molecule has 2 aromatic rings. The van der Waals surface area contributed by atoms with Gasteiger partial charge in [0.05, 0.1) is 12.7 Å². The Hall–Kier alpha value is -1.63. The van der Waals surface area contributed by atoms with Crippen molar-refractivity contribution in [3.05, 3.63) is 51.8 Å². The van der Waals surface area contributed by atoms with E-state index in [4.69, 9.17) is 27.9 Å². The van der Waals surface area contributed by atoms with Crippen LogP contribution >= 0.6 is 23.2 Å². The minimum atomic E-state index is -2.96. The predicted molar refractivity (Wildman–Crippen MR) is 90.5 cm³/mol. The van der Waals surface area contributed by atoms with Crippen molar-refractivity contribution in [1.29, 1.82) is 0 Å². The van der Waals surface area contributed by atoms with E-state index >= 15 is 0 Å². The first-order valence-corrected chi connectivity index (χ1v) is 8.41. The van der Waals surface area contributed by atoms with E-state index < -0.39 is 12.7 Å². The summed E-state index contributed by atoms with van der Waals surface area (Å²) in [6.45, 7) is -0.730. The summed E-state index contributed by atoms with van der Waals surface area (Å²) in [4.78, 5) is 2.79. The van der Waals surface area contributed by atoms with Crippen LogP contribution in [0, 0.1) is 0 Å². The van der Waals surface area contributed by atoms with Crippen LogP contribution in [0.25, 0.3) is 0 Å². The second-order valence-electron chi connectivity index (χ2n) is 5.28. The number of aliphatic hydroxyl groups excluding tert-OH is 1. The molecular formula is C17H18Cl2F2NO3+. The average molecular weight is 393 g/mol. The Balaban J connectivity index is 2.25. The van der Waals surface area contributed by atoms with Gasteiger partial charge in [-0.1, -0.05) is 36.2 Å². The summed E-state index contributed by atoms with van der Waals surface area (Å²) in [5.41, 5.74) is 1.06. The molecule has 0 aliphatic carbocycles. The molecule has 1 atom stereocenters. The largest absolute Gasteiger partial charge is 0.490 e. The molecule has 1 heterocycles. The molecule has 1 aromatic carbocycles. The number of aromatic amines is 1. The van der Waals surface area contributed by atoms with Gasteiger partial charge < -0.3 is 14.6 Å². The normalized spacial score (nSPS) is 12.3. The van der Waals surface area contributed by atoms with E-state index in [2.05, 4.69) is 9.72 Å². The van der Waals surface area contributed by atoms with Crippen molar-refractivity contribution in [2.75, 3.05) is 6.61 Å². The van der Waals surface area contributed by atoms with Crippen LogP contribution in [0.4, 0.5) is 8.78 Å². The number of alkyl halides is 2. The van der Waals surface area contributed by atoms with E-state index in [0.717, 1.165) is 0 Å². The Morgan fingerprint density at radius 1 is 1.16 bits per heavy atom. The van der Waals surface area contributed by atoms with Crippen LogP contribution in [-0.4, -0.2) is 18.3 Å². The van der Waals surface area contributed by atoms with Crippen molar-refractivity contribution in [3.63, 3.8) is 0 Å². The first-order chi connectivity index (χ1) is 11.9. The van der Waals surface area contributed by atoms with Gasteiger partial charge in [-0.05, 0) is 24.1 Å². The Kier molecular flexibility index (Phi) is 7.23. The number of rotatable bonds is 8. The van der Waals surface area contributed by atoms with Crippen LogP contribution in [0.15, 0.2) is 30.6 Å². The van der Waals surface area contributed by atoms with Crippen LogP contribution in [0.5, 0.6) is 11.5 Å². The number of H-pyrrole nitrogens is 1. The molecule has 0 spiro atoms. The fraction of sp³-hybridized carbons (Fsp3) is 0.353. The maximum Gasteiger partial charge on any atom is 0.387 e. The Labute approximate surface area is 154 Å². The topological polar surface area (TPSA) is 52.8 Å². The summed E-state index contributed by atoms with van der Waals surface area (Å²) in [7, 11) is 0. The van der Waals surface area contributed by atoms with Gasteiger partial charge >= 0.3 is 6.61 Å². The lowest BCUT2D eigenvalue weighted by Gasteiger charge is -2.16. The molecule has 0 aliphatic rings. The third kappa shape index (κ3) is 5.42. The van der Waals surface area contributed by atoms with Crippen molar-refractivity contribution in [3.8, 4) is 11.5 Å². The molecule has 1 aromatic heterocycles. The fourth-order valence-electron chi connectivity index (χ4n) is 2.23. The molecule has 0 unspecified atom stereocenters. The lowest BCUT2D eigenvalue weighted by molar-refractivity contribution is -0.377. The zero-order chi connectivity index (χ0) is 18.4. The van der Waals surface area contributed by atoms with Gasteiger partial charge in [0.2, 0.25) is 0 Å². The molecule has 0 saturated heterocycles. The number of aromatic nitrogens is 1. The van der Waals surface area contributed by atoms with Crippen molar-refractivity contribution >= 4 is 23.2 Å². The number of hydrogen-bond donors (Lipinski definition) is 1. The molecule has 0 bridgehead atoms. The van der Waals surface area contributed by atoms with E-state index in [1.54, 1.807) is 12.4 Å². The Morgan fingerprint density at radius 3 is 2.44 bits per heavy atom. The molecule has 136 valence electrons. The van der Waals surface area contributed by atoms with Crippen molar-refractivity contribution in [2.45, 2.75) is 32.5 Å². The maximum absolute atomic E-state index is 12.5. The second-order valence-corrected chi connectivity index (χ2v) is 6.10. The molecule has 8 heteroatoms. The standard InChI is InChI=1S/C17H17Cl2F2NO3/c1-2-5-24-16-6-10(3-4-15(16)25-17(20)21)14(23)7-11-12(18)8-22-9-13(11)19/h3-4,6,8-9,14,17,23H,2,5,7H2,1H3/p+1/t14-/m0/s1. The molecular weight excluding hydrogens is 375 g/mol. The summed E-state index contributed by atoms with van der Waals surface area (Å²) in [6, 6.07) is 4.32. The number of hydrogen-bond acceptors (Lipinski definition) is 3. The first kappa shape index (κ1) is 19.7. The van der Waals surface area contributed by atoms with Gasteiger partial charge in [-0.15, -0.1) is 0 Å². The number of nitrogens with one attached hydrogen (secondary N) is 1. The number of benzene rings is 1. The van der Waals surface area contributed by atoms with Gasteiger partial charge in [0.15, 0.2) is 23.9 Å². The van der Waals surface area contributed by atoms with Crippen molar-refractivity contribution in [2.24, 2.45) is 0 Å². The van der Waals surface area contributed by atoms with Gasteiger partial charge in [-0.2, -0.15) is 8.78 Å². The lowest BCUT2D eigenvalue weighted by Crippen LogP contribution is -2.09. The lowest BCUT2D eigenvalue weighted by atomic mass is 10.0. The highest BCUT2D eigenvalue weighted by molar-refractivity contribution is 6.35. The number of ether oxygens (including phenoxy) is 2. The molecule has 4 nitrogen and oxygen atoms in total. The highest BCUT2D eigenvalue weighted by Crippen LogP contribution is 2.34. The second kappa shape index (κ2) is 9.17. The van der Waals surface area contributed by atoms with Crippen LogP contribution in [0.2, 0.25) is 10.0 Å². The smallest absolute Gasteiger partial charge is 0.387 e. The van der Waals surface area contributed by atoms with E-state index in [9.17, 15) is 13.9 Å². The van der Waals surface area contributed by atoms with Crippen LogP contribution in [-0.2, 0) is 6.42 Å². The molecule has 25 heavy (non-hydrogen) atoms. The number of pyridine rings is 1. The number of halogens is 4. The molecule has 0 radical (unpaired) electrons. The predicted octanol–water partition coefficient (Wildman–Crippen LogP) is 4.47. The van der Waals surface area contributed by atoms with E-state index in [-0.39, 0.29) is 17.9 Å². The van der Waals surface area contributed by atoms with Gasteiger partial charge in [-0.25, -0.2) is 4.98 Å². The Bertz CT molecular complexity index is 696. The Morgan fingerprint density at radius 2 is 1.84 bits per heavy atom. The van der Waals surface area contributed by atoms with Crippen LogP contribution < -0.4 is 14.5 Å². The highest BCUT2D eigenvalue weighted by Gasteiger charge is 2.19. The molecule has 2 rings (SSSR count). The van der Waals surface area contributed by atoms with Crippen molar-refractivity contribution in [1.82, 2.24) is 0 Å². The van der Waals surface area contributed by atoms with Crippen LogP contribution in [0.1, 0.15) is 30.6 Å². The van der Waals surface area contributed by atoms with Crippen molar-refractivity contribution < 1.29 is 28.3 Å². The molecule has 0 aliphatic heterocycles. The summed E-state index contributed by atoms with van der Waals surface area (Å²) < 4.78 is 34.9. The van der Waals surface area contributed by atoms with Gasteiger partial charge in [0.25, 0.3) is 0 Å². The minimum absolute atomic E-state index is 0.0789.